The maximum atomic E-state index is 13.2. The number of amides is 3. The van der Waals surface area contributed by atoms with E-state index in [2.05, 4.69) is 22.5 Å². The number of aliphatic hydroxyl groups is 1. The van der Waals surface area contributed by atoms with Crippen molar-refractivity contribution in [2.45, 2.75) is 52.2 Å². The van der Waals surface area contributed by atoms with E-state index < -0.39 is 11.6 Å². The van der Waals surface area contributed by atoms with Gasteiger partial charge in [-0.3, -0.25) is 4.79 Å². The molecule has 2 atom stereocenters. The molecule has 2 aliphatic heterocycles. The first-order valence-corrected chi connectivity index (χ1v) is 11.7. The molecule has 3 amide bonds. The third-order valence-corrected chi connectivity index (χ3v) is 7.11. The molecule has 2 aliphatic rings. The Balaban J connectivity index is 1.43. The number of anilines is 1. The number of rotatable bonds is 6. The van der Waals surface area contributed by atoms with Crippen molar-refractivity contribution in [1.82, 2.24) is 25.1 Å². The second-order valence-electron chi connectivity index (χ2n) is 10.1. The lowest BCUT2D eigenvalue weighted by Gasteiger charge is -2.33. The Kier molecular flexibility index (Phi) is 6.49. The van der Waals surface area contributed by atoms with E-state index in [1.54, 1.807) is 18.0 Å². The molecule has 1 fully saturated rings. The molecular formula is C25H34N6O3. The van der Waals surface area contributed by atoms with Crippen LogP contribution in [-0.4, -0.2) is 63.1 Å². The van der Waals surface area contributed by atoms with Crippen LogP contribution >= 0.6 is 0 Å². The SMILES string of the molecule is CC(=O)N1CC[C@@](C)(CNc2ncc3c(n2)CN(C(=O)N[C@H](CO)c2ccccc2)C3(C)C)C1. The fourth-order valence-corrected chi connectivity index (χ4v) is 4.83. The van der Waals surface area contributed by atoms with Crippen LogP contribution in [-0.2, 0) is 16.9 Å². The maximum absolute atomic E-state index is 13.2. The molecule has 2 aromatic rings. The number of benzene rings is 1. The Morgan fingerprint density at radius 3 is 2.59 bits per heavy atom. The van der Waals surface area contributed by atoms with Crippen LogP contribution in [0, 0.1) is 5.41 Å². The van der Waals surface area contributed by atoms with Crippen molar-refractivity contribution in [3.8, 4) is 0 Å². The maximum Gasteiger partial charge on any atom is 0.319 e. The summed E-state index contributed by atoms with van der Waals surface area (Å²) in [5.41, 5.74) is 1.94. The predicted molar refractivity (Wildman–Crippen MR) is 129 cm³/mol. The minimum atomic E-state index is -0.589. The Morgan fingerprint density at radius 1 is 1.21 bits per heavy atom. The third-order valence-electron chi connectivity index (χ3n) is 7.11. The van der Waals surface area contributed by atoms with Gasteiger partial charge in [-0.1, -0.05) is 37.3 Å². The number of urea groups is 1. The Hall–Kier alpha value is -3.20. The standard InChI is InChI=1S/C25H34N6O3/c1-17(33)30-11-10-25(4,16-30)15-27-22-26-12-19-20(28-22)13-31(24(19,2)3)23(34)29-21(14-32)18-8-6-5-7-9-18/h5-9,12,21,32H,10-11,13-16H2,1-4H3,(H,29,34)(H,26,27,28)/t21-,25+/m1/s1. The quantitative estimate of drug-likeness (QED) is 0.604. The lowest BCUT2D eigenvalue weighted by molar-refractivity contribution is -0.128. The van der Waals surface area contributed by atoms with Crippen LogP contribution in [0.1, 0.15) is 57.0 Å². The first kappa shape index (κ1) is 23.9. The monoisotopic (exact) mass is 466 g/mol. The number of carbonyl (C=O) groups is 2. The normalized spacial score (nSPS) is 21.8. The van der Waals surface area contributed by atoms with Gasteiger partial charge >= 0.3 is 6.03 Å². The molecule has 1 aromatic heterocycles. The predicted octanol–water partition coefficient (Wildman–Crippen LogP) is 2.64. The Bertz CT molecular complexity index is 1060. The summed E-state index contributed by atoms with van der Waals surface area (Å²) in [6, 6.07) is 8.68. The molecular weight excluding hydrogens is 432 g/mol. The second kappa shape index (κ2) is 9.21. The molecule has 9 nitrogen and oxygen atoms in total. The van der Waals surface area contributed by atoms with Gasteiger partial charge in [-0.05, 0) is 25.8 Å². The van der Waals surface area contributed by atoms with Crippen LogP contribution < -0.4 is 10.6 Å². The molecule has 0 spiro atoms. The van der Waals surface area contributed by atoms with Crippen molar-refractivity contribution in [2.24, 2.45) is 5.41 Å². The topological polar surface area (TPSA) is 111 Å². The fraction of sp³-hybridized carbons (Fsp3) is 0.520. The van der Waals surface area contributed by atoms with Crippen LogP contribution in [0.2, 0.25) is 0 Å². The number of aliphatic hydroxyl groups excluding tert-OH is 1. The summed E-state index contributed by atoms with van der Waals surface area (Å²) in [6.45, 7) is 10.0. The van der Waals surface area contributed by atoms with E-state index >= 15 is 0 Å². The summed E-state index contributed by atoms with van der Waals surface area (Å²) in [5.74, 6) is 0.630. The second-order valence-corrected chi connectivity index (χ2v) is 10.1. The summed E-state index contributed by atoms with van der Waals surface area (Å²) in [5, 5.41) is 16.1. The van der Waals surface area contributed by atoms with Crippen LogP contribution in [0.25, 0.3) is 0 Å². The minimum Gasteiger partial charge on any atom is -0.394 e. The van der Waals surface area contributed by atoms with E-state index in [9.17, 15) is 14.7 Å². The van der Waals surface area contributed by atoms with Crippen LogP contribution in [0.5, 0.6) is 0 Å². The van der Waals surface area contributed by atoms with E-state index in [4.69, 9.17) is 4.98 Å². The first-order chi connectivity index (χ1) is 16.1. The smallest absolute Gasteiger partial charge is 0.319 e. The van der Waals surface area contributed by atoms with Crippen LogP contribution in [0.15, 0.2) is 36.5 Å². The minimum absolute atomic E-state index is 0.0318. The number of hydrogen-bond donors (Lipinski definition) is 3. The largest absolute Gasteiger partial charge is 0.394 e. The summed E-state index contributed by atoms with van der Waals surface area (Å²) in [7, 11) is 0. The van der Waals surface area contributed by atoms with Gasteiger partial charge in [-0.15, -0.1) is 0 Å². The van der Waals surface area contributed by atoms with E-state index in [1.165, 1.54) is 0 Å². The van der Waals surface area contributed by atoms with Crippen molar-refractivity contribution in [2.75, 3.05) is 31.6 Å². The molecule has 0 saturated carbocycles. The van der Waals surface area contributed by atoms with Gasteiger partial charge in [0, 0.05) is 43.7 Å². The molecule has 4 rings (SSSR count). The molecule has 0 unspecified atom stereocenters. The van der Waals surface area contributed by atoms with Gasteiger partial charge in [0.2, 0.25) is 11.9 Å². The summed E-state index contributed by atoms with van der Waals surface area (Å²) in [4.78, 5) is 37.7. The zero-order valence-corrected chi connectivity index (χ0v) is 20.3. The number of hydrogen-bond acceptors (Lipinski definition) is 6. The summed E-state index contributed by atoms with van der Waals surface area (Å²) < 4.78 is 0. The van der Waals surface area contributed by atoms with Crippen molar-refractivity contribution >= 4 is 17.9 Å². The third kappa shape index (κ3) is 4.70. The van der Waals surface area contributed by atoms with Gasteiger partial charge in [-0.2, -0.15) is 0 Å². The molecule has 1 aromatic carbocycles. The molecule has 3 N–H and O–H groups in total. The zero-order chi connectivity index (χ0) is 24.5. The number of likely N-dealkylation sites (tertiary alicyclic amines) is 1. The number of fused-ring (bicyclic) bond motifs is 1. The highest BCUT2D eigenvalue weighted by molar-refractivity contribution is 5.77. The summed E-state index contributed by atoms with van der Waals surface area (Å²) in [6.07, 6.45) is 2.72. The molecule has 0 radical (unpaired) electrons. The Labute approximate surface area is 200 Å². The molecule has 182 valence electrons. The van der Waals surface area contributed by atoms with Gasteiger partial charge in [0.1, 0.15) is 0 Å². The first-order valence-electron chi connectivity index (χ1n) is 11.7. The van der Waals surface area contributed by atoms with Gasteiger partial charge < -0.3 is 25.5 Å². The summed E-state index contributed by atoms with van der Waals surface area (Å²) >= 11 is 0. The molecule has 0 bridgehead atoms. The van der Waals surface area contributed by atoms with E-state index in [-0.39, 0.29) is 24.0 Å². The average Bonchev–Trinajstić information content (AvgIpc) is 3.34. The van der Waals surface area contributed by atoms with Gasteiger partial charge in [0.25, 0.3) is 0 Å². The molecule has 1 saturated heterocycles. The average molecular weight is 467 g/mol. The number of nitrogens with one attached hydrogen (secondary N) is 2. The van der Waals surface area contributed by atoms with Gasteiger partial charge in [-0.25, -0.2) is 14.8 Å². The number of nitrogens with zero attached hydrogens (tertiary/aromatic N) is 4. The highest BCUT2D eigenvalue weighted by atomic mass is 16.3. The zero-order valence-electron chi connectivity index (χ0n) is 20.3. The van der Waals surface area contributed by atoms with Crippen molar-refractivity contribution < 1.29 is 14.7 Å². The molecule has 34 heavy (non-hydrogen) atoms. The lowest BCUT2D eigenvalue weighted by Crippen LogP contribution is -2.47. The Morgan fingerprint density at radius 2 is 1.94 bits per heavy atom. The van der Waals surface area contributed by atoms with Gasteiger partial charge in [0.15, 0.2) is 0 Å². The molecule has 9 heteroatoms. The highest BCUT2D eigenvalue weighted by Crippen LogP contribution is 2.38. The molecule has 3 heterocycles. The van der Waals surface area contributed by atoms with E-state index in [1.807, 2.05) is 49.1 Å². The fourth-order valence-electron chi connectivity index (χ4n) is 4.83. The van der Waals surface area contributed by atoms with Crippen LogP contribution in [0.3, 0.4) is 0 Å². The van der Waals surface area contributed by atoms with Crippen molar-refractivity contribution in [1.29, 1.82) is 0 Å². The molecule has 0 aliphatic carbocycles. The van der Waals surface area contributed by atoms with E-state index in [0.29, 0.717) is 25.6 Å². The number of carbonyl (C=O) groups excluding carboxylic acids is 2. The van der Waals surface area contributed by atoms with Crippen molar-refractivity contribution in [3.05, 3.63) is 53.3 Å². The van der Waals surface area contributed by atoms with Crippen LogP contribution in [0.4, 0.5) is 10.7 Å². The lowest BCUT2D eigenvalue weighted by atomic mass is 9.90. The van der Waals surface area contributed by atoms with Crippen molar-refractivity contribution in [3.63, 3.8) is 0 Å². The highest BCUT2D eigenvalue weighted by Gasteiger charge is 2.42. The number of aromatic nitrogens is 2. The van der Waals surface area contributed by atoms with E-state index in [0.717, 1.165) is 29.8 Å². The van der Waals surface area contributed by atoms with Gasteiger partial charge in [0.05, 0.1) is 30.4 Å².